The minimum Gasteiger partial charge on any atom is -0.481 e. The summed E-state index contributed by atoms with van der Waals surface area (Å²) >= 11 is 0. The van der Waals surface area contributed by atoms with E-state index in [1.165, 1.54) is 0 Å². The van der Waals surface area contributed by atoms with Crippen molar-refractivity contribution < 1.29 is 19.5 Å². The summed E-state index contributed by atoms with van der Waals surface area (Å²) in [4.78, 5) is 37.1. The number of likely N-dealkylation sites (tertiary alicyclic amines) is 1. The number of carbonyl (C=O) groups excluding carboxylic acids is 2. The third-order valence-corrected chi connectivity index (χ3v) is 4.29. The monoisotopic (exact) mass is 296 g/mol. The Bertz CT molecular complexity index is 431. The topological polar surface area (TPSA) is 86.7 Å². The first-order valence-electron chi connectivity index (χ1n) is 7.72. The predicted octanol–water partition coefficient (Wildman–Crippen LogP) is 1.00. The number of rotatable bonds is 6. The average Bonchev–Trinajstić information content (AvgIpc) is 3.13. The van der Waals surface area contributed by atoms with E-state index < -0.39 is 18.1 Å². The molecule has 2 atom stereocenters. The van der Waals surface area contributed by atoms with Gasteiger partial charge in [0.15, 0.2) is 0 Å². The smallest absolute Gasteiger partial charge is 0.305 e. The van der Waals surface area contributed by atoms with Gasteiger partial charge in [0, 0.05) is 18.5 Å². The summed E-state index contributed by atoms with van der Waals surface area (Å²) < 4.78 is 0. The van der Waals surface area contributed by atoms with Crippen LogP contribution in [0.1, 0.15) is 46.0 Å². The highest BCUT2D eigenvalue weighted by molar-refractivity contribution is 5.90. The number of carbonyl (C=O) groups is 3. The normalized spacial score (nSPS) is 23.2. The van der Waals surface area contributed by atoms with Crippen molar-refractivity contribution in [1.29, 1.82) is 0 Å². The molecule has 2 fully saturated rings. The van der Waals surface area contributed by atoms with E-state index in [2.05, 4.69) is 5.32 Å². The van der Waals surface area contributed by atoms with Gasteiger partial charge < -0.3 is 15.3 Å². The van der Waals surface area contributed by atoms with Crippen LogP contribution in [0.25, 0.3) is 0 Å². The van der Waals surface area contributed by atoms with Gasteiger partial charge in [0.25, 0.3) is 0 Å². The van der Waals surface area contributed by atoms with Gasteiger partial charge >= 0.3 is 5.97 Å². The molecule has 2 unspecified atom stereocenters. The van der Waals surface area contributed by atoms with Crippen LogP contribution in [0.5, 0.6) is 0 Å². The highest BCUT2D eigenvalue weighted by Gasteiger charge is 2.41. The first-order chi connectivity index (χ1) is 9.90. The van der Waals surface area contributed by atoms with Gasteiger partial charge in [0.2, 0.25) is 11.8 Å². The molecule has 0 aromatic carbocycles. The maximum atomic E-state index is 12.4. The first-order valence-corrected chi connectivity index (χ1v) is 7.72. The summed E-state index contributed by atoms with van der Waals surface area (Å²) in [6.45, 7) is 4.41. The van der Waals surface area contributed by atoms with E-state index in [0.717, 1.165) is 19.3 Å². The lowest BCUT2D eigenvalue weighted by Crippen LogP contribution is -2.50. The molecule has 0 aromatic rings. The van der Waals surface area contributed by atoms with E-state index in [4.69, 9.17) is 5.11 Å². The first kappa shape index (κ1) is 15.8. The Kier molecular flexibility index (Phi) is 4.85. The van der Waals surface area contributed by atoms with Crippen molar-refractivity contribution >= 4 is 17.8 Å². The summed E-state index contributed by atoms with van der Waals surface area (Å²) in [5.41, 5.74) is 0. The van der Waals surface area contributed by atoms with E-state index >= 15 is 0 Å². The second kappa shape index (κ2) is 6.45. The summed E-state index contributed by atoms with van der Waals surface area (Å²) in [5.74, 6) is -0.892. The molecule has 1 saturated carbocycles. The summed E-state index contributed by atoms with van der Waals surface area (Å²) in [7, 11) is 0. The molecule has 6 nitrogen and oxygen atoms in total. The van der Waals surface area contributed by atoms with Gasteiger partial charge in [-0.05, 0) is 31.6 Å². The van der Waals surface area contributed by atoms with Crippen LogP contribution in [0.15, 0.2) is 0 Å². The van der Waals surface area contributed by atoms with Crippen molar-refractivity contribution in [1.82, 2.24) is 10.2 Å². The summed E-state index contributed by atoms with van der Waals surface area (Å²) in [5, 5.41) is 11.7. The number of carboxylic acid groups (broad SMARTS) is 1. The SMILES string of the molecule is CC(C)C(CC(=O)O)NC(=O)C1CCCN1C(=O)C1CC1. The highest BCUT2D eigenvalue weighted by atomic mass is 16.4. The second-order valence-corrected chi connectivity index (χ2v) is 6.42. The Morgan fingerprint density at radius 1 is 1.24 bits per heavy atom. The number of aliphatic carboxylic acids is 1. The van der Waals surface area contributed by atoms with Gasteiger partial charge in [0.1, 0.15) is 6.04 Å². The molecule has 118 valence electrons. The molecule has 0 aromatic heterocycles. The van der Waals surface area contributed by atoms with Crippen LogP contribution in [-0.4, -0.2) is 46.4 Å². The number of amides is 2. The Hall–Kier alpha value is -1.59. The van der Waals surface area contributed by atoms with Crippen molar-refractivity contribution in [2.24, 2.45) is 11.8 Å². The van der Waals surface area contributed by atoms with Crippen LogP contribution < -0.4 is 5.32 Å². The Morgan fingerprint density at radius 3 is 2.43 bits per heavy atom. The number of nitrogens with one attached hydrogen (secondary N) is 1. The lowest BCUT2D eigenvalue weighted by atomic mass is 10.0. The number of carboxylic acids is 1. The predicted molar refractivity (Wildman–Crippen MR) is 76.5 cm³/mol. The summed E-state index contributed by atoms with van der Waals surface area (Å²) in [6, 6.07) is -0.818. The van der Waals surface area contributed by atoms with E-state index in [9.17, 15) is 14.4 Å². The molecule has 1 aliphatic heterocycles. The van der Waals surface area contributed by atoms with Gasteiger partial charge in [-0.25, -0.2) is 0 Å². The third-order valence-electron chi connectivity index (χ3n) is 4.29. The van der Waals surface area contributed by atoms with Crippen LogP contribution in [0.4, 0.5) is 0 Å². The molecule has 2 amide bonds. The van der Waals surface area contributed by atoms with Crippen molar-refractivity contribution in [2.45, 2.75) is 58.0 Å². The van der Waals surface area contributed by atoms with Crippen molar-refractivity contribution in [3.8, 4) is 0 Å². The molecule has 2 N–H and O–H groups in total. The van der Waals surface area contributed by atoms with Gasteiger partial charge in [-0.1, -0.05) is 13.8 Å². The van der Waals surface area contributed by atoms with Crippen LogP contribution in [0, 0.1) is 11.8 Å². The molecular weight excluding hydrogens is 272 g/mol. The Labute approximate surface area is 124 Å². The largest absolute Gasteiger partial charge is 0.481 e. The zero-order valence-electron chi connectivity index (χ0n) is 12.7. The molecule has 2 rings (SSSR count). The minimum absolute atomic E-state index is 0.0408. The van der Waals surface area contributed by atoms with Crippen molar-refractivity contribution in [3.63, 3.8) is 0 Å². The Balaban J connectivity index is 1.97. The lowest BCUT2D eigenvalue weighted by Gasteiger charge is -2.27. The maximum Gasteiger partial charge on any atom is 0.305 e. The molecule has 1 saturated heterocycles. The number of nitrogens with zero attached hydrogens (tertiary/aromatic N) is 1. The molecule has 21 heavy (non-hydrogen) atoms. The molecule has 2 aliphatic rings. The van der Waals surface area contributed by atoms with Gasteiger partial charge in [-0.15, -0.1) is 0 Å². The van der Waals surface area contributed by atoms with E-state index in [1.54, 1.807) is 4.90 Å². The Morgan fingerprint density at radius 2 is 1.90 bits per heavy atom. The van der Waals surface area contributed by atoms with Crippen molar-refractivity contribution in [3.05, 3.63) is 0 Å². The van der Waals surface area contributed by atoms with Gasteiger partial charge in [0.05, 0.1) is 6.42 Å². The van der Waals surface area contributed by atoms with Crippen LogP contribution >= 0.6 is 0 Å². The highest BCUT2D eigenvalue weighted by Crippen LogP contribution is 2.33. The zero-order chi connectivity index (χ0) is 15.6. The van der Waals surface area contributed by atoms with E-state index in [-0.39, 0.29) is 30.1 Å². The molecule has 0 radical (unpaired) electrons. The van der Waals surface area contributed by atoms with E-state index in [0.29, 0.717) is 13.0 Å². The average molecular weight is 296 g/mol. The van der Waals surface area contributed by atoms with Crippen LogP contribution in [0.2, 0.25) is 0 Å². The zero-order valence-corrected chi connectivity index (χ0v) is 12.7. The quantitative estimate of drug-likeness (QED) is 0.765. The van der Waals surface area contributed by atoms with Crippen LogP contribution in [-0.2, 0) is 14.4 Å². The number of hydrogen-bond acceptors (Lipinski definition) is 3. The fourth-order valence-corrected chi connectivity index (χ4v) is 2.79. The molecule has 0 spiro atoms. The summed E-state index contributed by atoms with van der Waals surface area (Å²) in [6.07, 6.45) is 3.27. The van der Waals surface area contributed by atoms with Crippen LogP contribution in [0.3, 0.4) is 0 Å². The number of hydrogen-bond donors (Lipinski definition) is 2. The van der Waals surface area contributed by atoms with Gasteiger partial charge in [-0.2, -0.15) is 0 Å². The molecular formula is C15H24N2O4. The fraction of sp³-hybridized carbons (Fsp3) is 0.800. The van der Waals surface area contributed by atoms with Gasteiger partial charge in [-0.3, -0.25) is 14.4 Å². The molecule has 0 bridgehead atoms. The molecule has 1 heterocycles. The lowest BCUT2D eigenvalue weighted by molar-refractivity contribution is -0.141. The standard InChI is InChI=1S/C15H24N2O4/c1-9(2)11(8-13(18)19)16-14(20)12-4-3-7-17(12)15(21)10-5-6-10/h9-12H,3-8H2,1-2H3,(H,16,20)(H,18,19). The molecule has 6 heteroatoms. The third kappa shape index (κ3) is 3.95. The molecule has 1 aliphatic carbocycles. The minimum atomic E-state index is -0.925. The maximum absolute atomic E-state index is 12.4. The van der Waals surface area contributed by atoms with Crippen molar-refractivity contribution in [2.75, 3.05) is 6.54 Å². The second-order valence-electron chi connectivity index (χ2n) is 6.42. The fourth-order valence-electron chi connectivity index (χ4n) is 2.79. The van der Waals surface area contributed by atoms with E-state index in [1.807, 2.05) is 13.8 Å².